The first-order valence-electron chi connectivity index (χ1n) is 9.17. The van der Waals surface area contributed by atoms with Crippen LogP contribution in [0.2, 0.25) is 0 Å². The number of rotatable bonds is 8. The van der Waals surface area contributed by atoms with Crippen molar-refractivity contribution in [3.05, 3.63) is 47.0 Å². The number of methoxy groups -OCH3 is 4. The molecule has 0 unspecified atom stereocenters. The normalized spacial score (nSPS) is 12.6. The van der Waals surface area contributed by atoms with Gasteiger partial charge in [-0.3, -0.25) is 4.79 Å². The first kappa shape index (κ1) is 21.8. The number of benzene rings is 2. The third kappa shape index (κ3) is 4.35. The van der Waals surface area contributed by atoms with E-state index in [1.54, 1.807) is 30.3 Å². The van der Waals surface area contributed by atoms with Gasteiger partial charge in [-0.05, 0) is 35.4 Å². The van der Waals surface area contributed by atoms with E-state index in [4.69, 9.17) is 28.4 Å². The number of hydrogen-bond donors (Lipinski definition) is 1. The minimum Gasteiger partial charge on any atom is -0.493 e. The van der Waals surface area contributed by atoms with E-state index < -0.39 is 18.4 Å². The average molecular weight is 430 g/mol. The van der Waals surface area contributed by atoms with Gasteiger partial charge in [0.1, 0.15) is 0 Å². The van der Waals surface area contributed by atoms with Gasteiger partial charge in [-0.25, -0.2) is 4.79 Å². The number of carbonyl (C=O) groups is 2. The quantitative estimate of drug-likeness (QED) is 0.499. The van der Waals surface area contributed by atoms with Gasteiger partial charge in [0, 0.05) is 5.57 Å². The lowest BCUT2D eigenvalue weighted by molar-refractivity contribution is -0.141. The highest BCUT2D eigenvalue weighted by Gasteiger charge is 2.26. The van der Waals surface area contributed by atoms with Gasteiger partial charge in [0.15, 0.2) is 23.0 Å². The van der Waals surface area contributed by atoms with E-state index in [1.165, 1.54) is 28.4 Å². The van der Waals surface area contributed by atoms with Crippen LogP contribution in [0.3, 0.4) is 0 Å². The Balaban J connectivity index is 2.34. The average Bonchev–Trinajstić information content (AvgIpc) is 3.25. The van der Waals surface area contributed by atoms with Crippen molar-refractivity contribution in [3.63, 3.8) is 0 Å². The van der Waals surface area contributed by atoms with Gasteiger partial charge >= 0.3 is 11.9 Å². The van der Waals surface area contributed by atoms with E-state index >= 15 is 0 Å². The summed E-state index contributed by atoms with van der Waals surface area (Å²) in [6, 6.07) is 8.33. The zero-order valence-electron chi connectivity index (χ0n) is 17.5. The van der Waals surface area contributed by atoms with Crippen LogP contribution in [0.1, 0.15) is 17.5 Å². The molecular weight excluding hydrogens is 408 g/mol. The molecule has 0 atom stereocenters. The predicted molar refractivity (Wildman–Crippen MR) is 109 cm³/mol. The number of carboxylic acids is 1. The number of carboxylic acid groups (broad SMARTS) is 1. The molecule has 0 radical (unpaired) electrons. The van der Waals surface area contributed by atoms with Crippen molar-refractivity contribution in [2.75, 3.05) is 35.2 Å². The molecule has 0 fully saturated rings. The molecule has 164 valence electrons. The Bertz CT molecular complexity index is 1010. The van der Waals surface area contributed by atoms with Gasteiger partial charge in [0.25, 0.3) is 0 Å². The minimum absolute atomic E-state index is 0.0526. The number of ether oxygens (including phenoxy) is 6. The fourth-order valence-corrected chi connectivity index (χ4v) is 3.33. The Hall–Kier alpha value is -3.88. The first-order valence-corrected chi connectivity index (χ1v) is 9.17. The highest BCUT2D eigenvalue weighted by Crippen LogP contribution is 2.43. The van der Waals surface area contributed by atoms with Crippen LogP contribution in [-0.4, -0.2) is 52.3 Å². The lowest BCUT2D eigenvalue weighted by Crippen LogP contribution is -2.13. The van der Waals surface area contributed by atoms with Crippen LogP contribution >= 0.6 is 0 Å². The molecule has 0 amide bonds. The van der Waals surface area contributed by atoms with Crippen molar-refractivity contribution in [2.45, 2.75) is 6.42 Å². The van der Waals surface area contributed by atoms with Crippen LogP contribution in [0.5, 0.6) is 28.7 Å². The third-order valence-corrected chi connectivity index (χ3v) is 4.68. The molecule has 0 saturated heterocycles. The summed E-state index contributed by atoms with van der Waals surface area (Å²) in [5, 5.41) is 9.45. The van der Waals surface area contributed by atoms with Gasteiger partial charge in [-0.2, -0.15) is 0 Å². The largest absolute Gasteiger partial charge is 0.493 e. The summed E-state index contributed by atoms with van der Waals surface area (Å²) >= 11 is 0. The maximum Gasteiger partial charge on any atom is 0.334 e. The monoisotopic (exact) mass is 430 g/mol. The van der Waals surface area contributed by atoms with Gasteiger partial charge in [-0.1, -0.05) is 6.07 Å². The molecule has 0 aromatic heterocycles. The second kappa shape index (κ2) is 9.29. The number of aliphatic carboxylic acids is 1. The summed E-state index contributed by atoms with van der Waals surface area (Å²) in [5.74, 6) is 0.101. The fourth-order valence-electron chi connectivity index (χ4n) is 3.33. The van der Waals surface area contributed by atoms with Crippen LogP contribution in [0.15, 0.2) is 35.9 Å². The predicted octanol–water partition coefficient (Wildman–Crippen LogP) is 2.89. The molecule has 31 heavy (non-hydrogen) atoms. The van der Waals surface area contributed by atoms with E-state index in [0.29, 0.717) is 45.4 Å². The topological polar surface area (TPSA) is 110 Å². The number of hydrogen-bond acceptors (Lipinski definition) is 8. The maximum atomic E-state index is 12.6. The Labute approximate surface area is 178 Å². The number of esters is 1. The lowest BCUT2D eigenvalue weighted by Gasteiger charge is -2.18. The summed E-state index contributed by atoms with van der Waals surface area (Å²) in [6.07, 6.45) is -0.562. The summed E-state index contributed by atoms with van der Waals surface area (Å²) in [7, 11) is 5.59. The molecule has 2 aromatic carbocycles. The van der Waals surface area contributed by atoms with Gasteiger partial charge < -0.3 is 33.5 Å². The third-order valence-electron chi connectivity index (χ3n) is 4.68. The highest BCUT2D eigenvalue weighted by atomic mass is 16.7. The lowest BCUT2D eigenvalue weighted by atomic mass is 9.90. The Kier molecular flexibility index (Phi) is 6.54. The van der Waals surface area contributed by atoms with Crippen molar-refractivity contribution >= 4 is 17.5 Å². The number of fused-ring (bicyclic) bond motifs is 1. The number of carbonyl (C=O) groups excluding carboxylic acids is 1. The van der Waals surface area contributed by atoms with Gasteiger partial charge in [0.05, 0.1) is 40.4 Å². The molecule has 1 aliphatic heterocycles. The highest BCUT2D eigenvalue weighted by molar-refractivity contribution is 6.05. The first-order chi connectivity index (χ1) is 14.9. The minimum atomic E-state index is -1.19. The second-order valence-corrected chi connectivity index (χ2v) is 6.40. The van der Waals surface area contributed by atoms with E-state index in [9.17, 15) is 14.7 Å². The van der Waals surface area contributed by atoms with Crippen LogP contribution in [0.25, 0.3) is 5.57 Å². The van der Waals surface area contributed by atoms with E-state index in [-0.39, 0.29) is 12.4 Å². The van der Waals surface area contributed by atoms with Gasteiger partial charge in [-0.15, -0.1) is 0 Å². The van der Waals surface area contributed by atoms with Crippen molar-refractivity contribution in [1.29, 1.82) is 0 Å². The van der Waals surface area contributed by atoms with E-state index in [0.717, 1.165) is 0 Å². The molecule has 2 aromatic rings. The molecule has 0 aliphatic carbocycles. The molecule has 1 N–H and O–H groups in total. The standard InChI is InChI=1S/C22H22O9/c1-26-17-8-13(9-18(27-2)21(17)28-3)20(14(10-19(23)24)22(25)29-4)12-5-6-15-16(7-12)31-11-30-15/h5-9H,10-11H2,1-4H3,(H,23,24)/b20-14+. The molecule has 0 bridgehead atoms. The molecule has 1 heterocycles. The SMILES string of the molecule is COC(=O)/C(CC(=O)O)=C(\c1ccc2c(c1)OCO2)c1cc(OC)c(OC)c(OC)c1. The van der Waals surface area contributed by atoms with Crippen LogP contribution in [0, 0.1) is 0 Å². The Morgan fingerprint density at radius 1 is 0.903 bits per heavy atom. The van der Waals surface area contributed by atoms with E-state index in [1.807, 2.05) is 0 Å². The maximum absolute atomic E-state index is 12.6. The summed E-state index contributed by atoms with van der Waals surface area (Å²) in [5.41, 5.74) is 1.27. The molecular formula is C22H22O9. The van der Waals surface area contributed by atoms with Crippen molar-refractivity contribution in [2.24, 2.45) is 0 Å². The fraction of sp³-hybridized carbons (Fsp3) is 0.273. The molecule has 9 nitrogen and oxygen atoms in total. The molecule has 1 aliphatic rings. The molecule has 0 spiro atoms. The van der Waals surface area contributed by atoms with Crippen molar-refractivity contribution in [1.82, 2.24) is 0 Å². The Morgan fingerprint density at radius 3 is 2.10 bits per heavy atom. The van der Waals surface area contributed by atoms with E-state index in [2.05, 4.69) is 0 Å². The van der Waals surface area contributed by atoms with Crippen LogP contribution < -0.4 is 23.7 Å². The molecule has 9 heteroatoms. The van der Waals surface area contributed by atoms with Gasteiger partial charge in [0.2, 0.25) is 12.5 Å². The van der Waals surface area contributed by atoms with Crippen LogP contribution in [-0.2, 0) is 14.3 Å². The molecule has 0 saturated carbocycles. The summed E-state index contributed by atoms with van der Waals surface area (Å²) in [6.45, 7) is 0.0704. The molecule has 3 rings (SSSR count). The van der Waals surface area contributed by atoms with Crippen molar-refractivity contribution in [3.8, 4) is 28.7 Å². The zero-order chi connectivity index (χ0) is 22.5. The second-order valence-electron chi connectivity index (χ2n) is 6.40. The Morgan fingerprint density at radius 2 is 1.55 bits per heavy atom. The smallest absolute Gasteiger partial charge is 0.334 e. The summed E-state index contributed by atoms with van der Waals surface area (Å²) in [4.78, 5) is 24.2. The van der Waals surface area contributed by atoms with Crippen LogP contribution in [0.4, 0.5) is 0 Å². The summed E-state index contributed by atoms with van der Waals surface area (Å²) < 4.78 is 31.9. The van der Waals surface area contributed by atoms with Crippen molar-refractivity contribution < 1.29 is 43.1 Å². The zero-order valence-corrected chi connectivity index (χ0v) is 17.5.